The van der Waals surface area contributed by atoms with E-state index in [4.69, 9.17) is 5.11 Å². The minimum absolute atomic E-state index is 0.0520. The number of rotatable bonds is 8. The molecule has 0 aliphatic carbocycles. The number of benzene rings is 2. The zero-order chi connectivity index (χ0) is 19.1. The molecule has 136 valence electrons. The van der Waals surface area contributed by atoms with E-state index in [1.165, 1.54) is 12.3 Å². The van der Waals surface area contributed by atoms with Crippen molar-refractivity contribution in [3.05, 3.63) is 68.3 Å². The van der Waals surface area contributed by atoms with Gasteiger partial charge in [-0.25, -0.2) is 0 Å². The van der Waals surface area contributed by atoms with Crippen molar-refractivity contribution in [2.45, 2.75) is 0 Å². The van der Waals surface area contributed by atoms with Gasteiger partial charge in [0, 0.05) is 25.3 Å². The SMILES string of the molecule is CN(CCO)c1ccc(/C=N\Nc2ccc([N+](=O)[O-])cc2[N+](=O)[O-])cc1. The number of hydrazone groups is 1. The minimum Gasteiger partial charge on any atom is -0.395 e. The van der Waals surface area contributed by atoms with Crippen LogP contribution in [0.3, 0.4) is 0 Å². The minimum atomic E-state index is -0.712. The van der Waals surface area contributed by atoms with Crippen molar-refractivity contribution in [1.82, 2.24) is 0 Å². The Labute approximate surface area is 148 Å². The van der Waals surface area contributed by atoms with E-state index in [0.717, 1.165) is 23.4 Å². The molecule has 0 aliphatic rings. The first-order chi connectivity index (χ1) is 12.4. The number of aliphatic hydroxyl groups is 1. The van der Waals surface area contributed by atoms with Gasteiger partial charge in [-0.1, -0.05) is 12.1 Å². The number of hydrogen-bond acceptors (Lipinski definition) is 8. The molecule has 2 N–H and O–H groups in total. The van der Waals surface area contributed by atoms with Crippen LogP contribution in [0, 0.1) is 20.2 Å². The van der Waals surface area contributed by atoms with Crippen LogP contribution in [0.2, 0.25) is 0 Å². The molecule has 0 amide bonds. The maximum atomic E-state index is 11.1. The normalized spacial score (nSPS) is 10.7. The van der Waals surface area contributed by atoms with Gasteiger partial charge in [0.1, 0.15) is 5.69 Å². The Kier molecular flexibility index (Phi) is 6.17. The molecule has 2 aromatic rings. The number of nitrogens with zero attached hydrogens (tertiary/aromatic N) is 4. The summed E-state index contributed by atoms with van der Waals surface area (Å²) in [7, 11) is 1.86. The quantitative estimate of drug-likeness (QED) is 0.420. The van der Waals surface area contributed by atoms with Crippen molar-refractivity contribution in [2.24, 2.45) is 5.10 Å². The topological polar surface area (TPSA) is 134 Å². The number of nitrogens with one attached hydrogen (secondary N) is 1. The predicted octanol–water partition coefficient (Wildman–Crippen LogP) is 2.38. The highest BCUT2D eigenvalue weighted by molar-refractivity contribution is 5.81. The zero-order valence-corrected chi connectivity index (χ0v) is 13.9. The predicted molar refractivity (Wildman–Crippen MR) is 97.8 cm³/mol. The van der Waals surface area contributed by atoms with Gasteiger partial charge in [0.05, 0.1) is 28.7 Å². The highest BCUT2D eigenvalue weighted by Crippen LogP contribution is 2.28. The van der Waals surface area contributed by atoms with E-state index in [1.807, 2.05) is 24.1 Å². The smallest absolute Gasteiger partial charge is 0.301 e. The highest BCUT2D eigenvalue weighted by Gasteiger charge is 2.19. The van der Waals surface area contributed by atoms with Crippen molar-refractivity contribution >= 4 is 29.0 Å². The third-order valence-corrected chi connectivity index (χ3v) is 3.56. The lowest BCUT2D eigenvalue weighted by Gasteiger charge is -2.17. The molecule has 0 saturated heterocycles. The molecule has 26 heavy (non-hydrogen) atoms. The number of nitro benzene ring substituents is 2. The monoisotopic (exact) mass is 359 g/mol. The van der Waals surface area contributed by atoms with Crippen LogP contribution in [0.25, 0.3) is 0 Å². The van der Waals surface area contributed by atoms with Gasteiger partial charge in [-0.2, -0.15) is 5.10 Å². The van der Waals surface area contributed by atoms with Crippen LogP contribution in [0.15, 0.2) is 47.6 Å². The molecule has 0 spiro atoms. The number of aliphatic hydroxyl groups excluding tert-OH is 1. The summed E-state index contributed by atoms with van der Waals surface area (Å²) in [6.45, 7) is 0.566. The van der Waals surface area contributed by atoms with E-state index in [0.29, 0.717) is 6.54 Å². The molecule has 10 heteroatoms. The largest absolute Gasteiger partial charge is 0.395 e. The summed E-state index contributed by atoms with van der Waals surface area (Å²) < 4.78 is 0. The van der Waals surface area contributed by atoms with Gasteiger partial charge in [0.15, 0.2) is 0 Å². The molecule has 2 aromatic carbocycles. The van der Waals surface area contributed by atoms with E-state index >= 15 is 0 Å². The number of likely N-dealkylation sites (N-methyl/N-ethyl adjacent to an activating group) is 1. The molecule has 0 aromatic heterocycles. The molecule has 0 saturated carbocycles. The summed E-state index contributed by atoms with van der Waals surface area (Å²) in [5, 5.41) is 34.6. The Bertz CT molecular complexity index is 822. The van der Waals surface area contributed by atoms with Crippen LogP contribution >= 0.6 is 0 Å². The Morgan fingerprint density at radius 1 is 1.15 bits per heavy atom. The van der Waals surface area contributed by atoms with Gasteiger partial charge >= 0.3 is 5.69 Å². The van der Waals surface area contributed by atoms with E-state index in [9.17, 15) is 20.2 Å². The Morgan fingerprint density at radius 3 is 2.42 bits per heavy atom. The van der Waals surface area contributed by atoms with Crippen LogP contribution in [0.4, 0.5) is 22.7 Å². The van der Waals surface area contributed by atoms with Crippen molar-refractivity contribution in [3.63, 3.8) is 0 Å². The lowest BCUT2D eigenvalue weighted by Crippen LogP contribution is -2.20. The molecular formula is C16H17N5O5. The average molecular weight is 359 g/mol. The second-order valence-electron chi connectivity index (χ2n) is 5.32. The first kappa shape index (κ1) is 18.8. The first-order valence-corrected chi connectivity index (χ1v) is 7.56. The third-order valence-electron chi connectivity index (χ3n) is 3.56. The van der Waals surface area contributed by atoms with E-state index in [-0.39, 0.29) is 18.0 Å². The number of hydrogen-bond donors (Lipinski definition) is 2. The summed E-state index contributed by atoms with van der Waals surface area (Å²) in [5.74, 6) is 0. The summed E-state index contributed by atoms with van der Waals surface area (Å²) in [6.07, 6.45) is 1.47. The summed E-state index contributed by atoms with van der Waals surface area (Å²) in [5.41, 5.74) is 3.46. The molecule has 0 heterocycles. The van der Waals surface area contributed by atoms with Crippen LogP contribution in [-0.2, 0) is 0 Å². The molecule has 0 aliphatic heterocycles. The number of nitro groups is 2. The summed E-state index contributed by atoms with van der Waals surface area (Å²) >= 11 is 0. The molecule has 0 atom stereocenters. The molecular weight excluding hydrogens is 342 g/mol. The van der Waals surface area contributed by atoms with Gasteiger partial charge in [-0.3, -0.25) is 25.7 Å². The van der Waals surface area contributed by atoms with E-state index in [2.05, 4.69) is 10.5 Å². The maximum absolute atomic E-state index is 11.1. The van der Waals surface area contributed by atoms with E-state index < -0.39 is 15.5 Å². The van der Waals surface area contributed by atoms with Gasteiger partial charge < -0.3 is 10.0 Å². The molecule has 0 fully saturated rings. The van der Waals surface area contributed by atoms with Gasteiger partial charge in [-0.15, -0.1) is 0 Å². The molecule has 10 nitrogen and oxygen atoms in total. The van der Waals surface area contributed by atoms with Gasteiger partial charge in [-0.05, 0) is 23.8 Å². The lowest BCUT2D eigenvalue weighted by atomic mass is 10.2. The Hall–Kier alpha value is -3.53. The molecule has 2 rings (SSSR count). The first-order valence-electron chi connectivity index (χ1n) is 7.56. The summed E-state index contributed by atoms with van der Waals surface area (Å²) in [4.78, 5) is 22.2. The van der Waals surface area contributed by atoms with Crippen molar-refractivity contribution < 1.29 is 15.0 Å². The fourth-order valence-corrected chi connectivity index (χ4v) is 2.15. The fraction of sp³-hybridized carbons (Fsp3) is 0.188. The lowest BCUT2D eigenvalue weighted by molar-refractivity contribution is -0.393. The maximum Gasteiger partial charge on any atom is 0.301 e. The second-order valence-corrected chi connectivity index (χ2v) is 5.32. The Balaban J connectivity index is 2.10. The third kappa shape index (κ3) is 4.74. The van der Waals surface area contributed by atoms with Crippen molar-refractivity contribution in [3.8, 4) is 0 Å². The summed E-state index contributed by atoms with van der Waals surface area (Å²) in [6, 6.07) is 10.6. The van der Waals surface area contributed by atoms with Crippen molar-refractivity contribution in [1.29, 1.82) is 0 Å². The highest BCUT2D eigenvalue weighted by atomic mass is 16.6. The van der Waals surface area contributed by atoms with Crippen molar-refractivity contribution in [2.75, 3.05) is 30.5 Å². The Morgan fingerprint density at radius 2 is 1.85 bits per heavy atom. The number of non-ortho nitro benzene ring substituents is 1. The fourth-order valence-electron chi connectivity index (χ4n) is 2.15. The zero-order valence-electron chi connectivity index (χ0n) is 13.9. The van der Waals surface area contributed by atoms with Crippen LogP contribution in [0.5, 0.6) is 0 Å². The van der Waals surface area contributed by atoms with Gasteiger partial charge in [0.2, 0.25) is 0 Å². The van der Waals surface area contributed by atoms with Gasteiger partial charge in [0.25, 0.3) is 5.69 Å². The molecule has 0 bridgehead atoms. The number of anilines is 2. The second kappa shape index (κ2) is 8.53. The molecule has 0 radical (unpaired) electrons. The molecule has 0 unspecified atom stereocenters. The average Bonchev–Trinajstić information content (AvgIpc) is 2.62. The van der Waals surface area contributed by atoms with Crippen LogP contribution in [0.1, 0.15) is 5.56 Å². The van der Waals surface area contributed by atoms with E-state index in [1.54, 1.807) is 12.1 Å². The standard InChI is InChI=1S/C16H17N5O5/c1-19(8-9-22)13-4-2-12(3-5-13)11-17-18-15-7-6-14(20(23)24)10-16(15)21(25)26/h2-7,10-11,18,22H,8-9H2,1H3/b17-11-. The van der Waals surface area contributed by atoms with Crippen LogP contribution in [-0.4, -0.2) is 41.4 Å². The van der Waals surface area contributed by atoms with Crippen LogP contribution < -0.4 is 10.3 Å².